The Morgan fingerprint density at radius 1 is 1.42 bits per heavy atom. The van der Waals surface area contributed by atoms with E-state index in [9.17, 15) is 4.39 Å². The van der Waals surface area contributed by atoms with Crippen molar-refractivity contribution >= 4 is 28.1 Å². The lowest BCUT2D eigenvalue weighted by Crippen LogP contribution is -2.41. The van der Waals surface area contributed by atoms with Gasteiger partial charge in [0.15, 0.2) is 0 Å². The largest absolute Gasteiger partial charge is 0.345 e. The van der Waals surface area contributed by atoms with Gasteiger partial charge in [-0.15, -0.1) is 0 Å². The lowest BCUT2D eigenvalue weighted by Gasteiger charge is -2.37. The van der Waals surface area contributed by atoms with Crippen LogP contribution in [0.4, 0.5) is 4.39 Å². The third-order valence-electron chi connectivity index (χ3n) is 4.35. The number of halogens is 2. The number of aromatic nitrogens is 1. The number of benzene rings is 1. The van der Waals surface area contributed by atoms with E-state index in [2.05, 4.69) is 22.6 Å². The monoisotopic (exact) mass is 276 g/mol. The van der Waals surface area contributed by atoms with Gasteiger partial charge in [0.1, 0.15) is 5.82 Å². The van der Waals surface area contributed by atoms with Crippen molar-refractivity contribution in [2.75, 3.05) is 13.6 Å². The lowest BCUT2D eigenvalue weighted by atomic mass is 9.89. The predicted molar refractivity (Wildman–Crippen MR) is 75.9 cm³/mol. The van der Waals surface area contributed by atoms with E-state index in [1.807, 2.05) is 12.3 Å². The molecule has 1 aromatic heterocycles. The average molecular weight is 277 g/mol. The van der Waals surface area contributed by atoms with Crippen molar-refractivity contribution in [2.45, 2.75) is 19.0 Å². The number of likely N-dealkylation sites (N-methyl/N-ethyl adjacent to an activating group) is 1. The molecule has 0 aliphatic carbocycles. The van der Waals surface area contributed by atoms with Gasteiger partial charge in [-0.05, 0) is 31.2 Å². The Morgan fingerprint density at radius 3 is 3.11 bits per heavy atom. The number of rotatable bonds is 0. The van der Waals surface area contributed by atoms with Crippen molar-refractivity contribution in [2.24, 2.45) is 0 Å². The molecule has 1 aromatic carbocycles. The van der Waals surface area contributed by atoms with Crippen LogP contribution in [0.15, 0.2) is 24.4 Å². The SMILES string of the molecule is CN1CCC=C2c3cc(F)c(Cl)c4ccn(c34)CC21. The maximum absolute atomic E-state index is 14.0. The molecule has 0 saturated heterocycles. The fraction of sp³-hybridized carbons (Fsp3) is 0.333. The quantitative estimate of drug-likeness (QED) is 0.715. The molecule has 1 unspecified atom stereocenters. The molecule has 0 radical (unpaired) electrons. The Kier molecular flexibility index (Phi) is 2.32. The number of nitrogens with zero attached hydrogens (tertiary/aromatic N) is 2. The zero-order valence-electron chi connectivity index (χ0n) is 10.7. The van der Waals surface area contributed by atoms with Crippen LogP contribution in [0.2, 0.25) is 5.02 Å². The maximum Gasteiger partial charge on any atom is 0.143 e. The van der Waals surface area contributed by atoms with Crippen LogP contribution >= 0.6 is 11.6 Å². The summed E-state index contributed by atoms with van der Waals surface area (Å²) in [7, 11) is 2.13. The van der Waals surface area contributed by atoms with Gasteiger partial charge < -0.3 is 4.57 Å². The molecule has 2 aliphatic heterocycles. The summed E-state index contributed by atoms with van der Waals surface area (Å²) < 4.78 is 16.2. The van der Waals surface area contributed by atoms with E-state index < -0.39 is 0 Å². The Morgan fingerprint density at radius 2 is 2.26 bits per heavy atom. The van der Waals surface area contributed by atoms with E-state index >= 15 is 0 Å². The van der Waals surface area contributed by atoms with E-state index in [1.165, 1.54) is 5.57 Å². The Labute approximate surface area is 116 Å². The third-order valence-corrected chi connectivity index (χ3v) is 4.74. The van der Waals surface area contributed by atoms with Crippen LogP contribution < -0.4 is 0 Å². The van der Waals surface area contributed by atoms with Gasteiger partial charge in [0.2, 0.25) is 0 Å². The number of fused-ring (bicyclic) bond motifs is 2. The highest BCUT2D eigenvalue weighted by molar-refractivity contribution is 6.36. The highest BCUT2D eigenvalue weighted by Crippen LogP contribution is 2.40. The van der Waals surface area contributed by atoms with E-state index in [0.29, 0.717) is 6.04 Å². The van der Waals surface area contributed by atoms with E-state index in [-0.39, 0.29) is 10.8 Å². The van der Waals surface area contributed by atoms with E-state index in [1.54, 1.807) is 6.07 Å². The first-order valence-electron chi connectivity index (χ1n) is 6.54. The van der Waals surface area contributed by atoms with E-state index in [4.69, 9.17) is 11.6 Å². The summed E-state index contributed by atoms with van der Waals surface area (Å²) in [5.41, 5.74) is 3.33. The van der Waals surface area contributed by atoms with Crippen molar-refractivity contribution in [1.82, 2.24) is 9.47 Å². The molecule has 0 fully saturated rings. The topological polar surface area (TPSA) is 8.17 Å². The first kappa shape index (κ1) is 11.5. The van der Waals surface area contributed by atoms with Crippen molar-refractivity contribution in [3.05, 3.63) is 40.8 Å². The molecule has 2 aliphatic rings. The minimum atomic E-state index is -0.323. The summed E-state index contributed by atoms with van der Waals surface area (Å²) in [6.07, 6.45) is 5.29. The van der Waals surface area contributed by atoms with Crippen LogP contribution in [0.3, 0.4) is 0 Å². The molecule has 0 spiro atoms. The standard InChI is InChI=1S/C15H14ClFN2/c1-18-5-2-3-9-11-7-12(17)14(16)10-4-6-19(15(10)11)8-13(9)18/h3-4,6-7,13H,2,5,8H2,1H3. The van der Waals surface area contributed by atoms with E-state index in [0.717, 1.165) is 36.0 Å². The summed E-state index contributed by atoms with van der Waals surface area (Å²) in [6.45, 7) is 1.98. The average Bonchev–Trinajstić information content (AvgIpc) is 2.82. The van der Waals surface area contributed by atoms with Gasteiger partial charge in [0.05, 0.1) is 16.6 Å². The number of hydrogen-bond acceptors (Lipinski definition) is 1. The van der Waals surface area contributed by atoms with Gasteiger partial charge in [-0.2, -0.15) is 0 Å². The van der Waals surface area contributed by atoms with Crippen LogP contribution in [-0.4, -0.2) is 29.1 Å². The normalized spacial score (nSPS) is 22.5. The van der Waals surface area contributed by atoms with Crippen molar-refractivity contribution in [1.29, 1.82) is 0 Å². The molecular formula is C15H14ClFN2. The molecule has 1 atom stereocenters. The molecular weight excluding hydrogens is 263 g/mol. The van der Waals surface area contributed by atoms with Crippen molar-refractivity contribution in [3.8, 4) is 0 Å². The van der Waals surface area contributed by atoms with Gasteiger partial charge in [0.25, 0.3) is 0 Å². The molecule has 4 rings (SSSR count). The summed E-state index contributed by atoms with van der Waals surface area (Å²) >= 11 is 6.08. The maximum atomic E-state index is 14.0. The minimum absolute atomic E-state index is 0.237. The summed E-state index contributed by atoms with van der Waals surface area (Å²) in [6, 6.07) is 3.86. The zero-order valence-corrected chi connectivity index (χ0v) is 11.4. The molecule has 4 heteroatoms. The highest BCUT2D eigenvalue weighted by Gasteiger charge is 2.31. The van der Waals surface area contributed by atoms with Gasteiger partial charge in [-0.3, -0.25) is 4.90 Å². The van der Waals surface area contributed by atoms with Gasteiger partial charge in [0, 0.05) is 30.2 Å². The minimum Gasteiger partial charge on any atom is -0.345 e. The summed E-state index contributed by atoms with van der Waals surface area (Å²) in [5.74, 6) is -0.323. The zero-order chi connectivity index (χ0) is 13.1. The number of hydrogen-bond donors (Lipinski definition) is 0. The lowest BCUT2D eigenvalue weighted by molar-refractivity contribution is 0.260. The summed E-state index contributed by atoms with van der Waals surface area (Å²) in [5, 5.41) is 1.06. The Hall–Kier alpha value is -1.32. The second kappa shape index (κ2) is 3.84. The smallest absolute Gasteiger partial charge is 0.143 e. The molecule has 0 saturated carbocycles. The van der Waals surface area contributed by atoms with Gasteiger partial charge >= 0.3 is 0 Å². The molecule has 3 heterocycles. The first-order chi connectivity index (χ1) is 9.16. The molecule has 2 nitrogen and oxygen atoms in total. The van der Waals surface area contributed by atoms with Crippen molar-refractivity contribution < 1.29 is 4.39 Å². The Bertz CT molecular complexity index is 716. The second-order valence-electron chi connectivity index (χ2n) is 5.39. The first-order valence-corrected chi connectivity index (χ1v) is 6.92. The summed E-state index contributed by atoms with van der Waals surface area (Å²) in [4.78, 5) is 2.34. The van der Waals surface area contributed by atoms with Gasteiger partial charge in [-0.1, -0.05) is 17.7 Å². The molecule has 98 valence electrons. The van der Waals surface area contributed by atoms with Crippen LogP contribution in [0, 0.1) is 5.82 Å². The second-order valence-corrected chi connectivity index (χ2v) is 5.77. The van der Waals surface area contributed by atoms with Crippen LogP contribution in [0.5, 0.6) is 0 Å². The van der Waals surface area contributed by atoms with Crippen LogP contribution in [0.1, 0.15) is 12.0 Å². The van der Waals surface area contributed by atoms with Crippen molar-refractivity contribution in [3.63, 3.8) is 0 Å². The fourth-order valence-electron chi connectivity index (χ4n) is 3.38. The van der Waals surface area contributed by atoms with Gasteiger partial charge in [-0.25, -0.2) is 4.39 Å². The van der Waals surface area contributed by atoms with Crippen LogP contribution in [0.25, 0.3) is 16.5 Å². The Balaban J connectivity index is 2.07. The highest BCUT2D eigenvalue weighted by atomic mass is 35.5. The molecule has 0 N–H and O–H groups in total. The predicted octanol–water partition coefficient (Wildman–Crippen LogP) is 3.53. The molecule has 2 aromatic rings. The fourth-order valence-corrected chi connectivity index (χ4v) is 3.58. The molecule has 19 heavy (non-hydrogen) atoms. The molecule has 0 amide bonds. The molecule has 0 bridgehead atoms. The van der Waals surface area contributed by atoms with Crippen LogP contribution in [-0.2, 0) is 6.54 Å². The third kappa shape index (κ3) is 1.46.